The van der Waals surface area contributed by atoms with Gasteiger partial charge in [-0.15, -0.1) is 0 Å². The van der Waals surface area contributed by atoms with Crippen LogP contribution in [0.25, 0.3) is 21.9 Å². The fourth-order valence-electron chi connectivity index (χ4n) is 2.79. The third-order valence-electron chi connectivity index (χ3n) is 4.19. The fourth-order valence-corrected chi connectivity index (χ4v) is 2.79. The predicted octanol–water partition coefficient (Wildman–Crippen LogP) is 3.91. The fraction of sp³-hybridized carbons (Fsp3) is 0.111. The summed E-state index contributed by atoms with van der Waals surface area (Å²) in [5.41, 5.74) is 5.67. The van der Waals surface area contributed by atoms with Gasteiger partial charge < -0.3 is 9.97 Å². The van der Waals surface area contributed by atoms with E-state index in [2.05, 4.69) is 27.2 Å². The SMILES string of the molecule is Cc1[nH]c2ccc(C(=O)Nc3nc4ccccc4[nH]3)cc2c1C. The molecule has 0 unspecified atom stereocenters. The highest BCUT2D eigenvalue weighted by atomic mass is 16.1. The minimum absolute atomic E-state index is 0.177. The molecule has 5 nitrogen and oxygen atoms in total. The summed E-state index contributed by atoms with van der Waals surface area (Å²) in [4.78, 5) is 23.2. The van der Waals surface area contributed by atoms with Crippen molar-refractivity contribution < 1.29 is 4.79 Å². The first-order chi connectivity index (χ1) is 11.1. The van der Waals surface area contributed by atoms with Crippen LogP contribution in [-0.4, -0.2) is 20.9 Å². The molecule has 23 heavy (non-hydrogen) atoms. The molecule has 0 spiro atoms. The van der Waals surface area contributed by atoms with Crippen molar-refractivity contribution in [3.8, 4) is 0 Å². The number of anilines is 1. The van der Waals surface area contributed by atoms with E-state index in [0.29, 0.717) is 11.5 Å². The Morgan fingerprint density at radius 1 is 1.04 bits per heavy atom. The molecular formula is C18H16N4O. The van der Waals surface area contributed by atoms with Gasteiger partial charge in [-0.25, -0.2) is 4.98 Å². The van der Waals surface area contributed by atoms with Crippen LogP contribution in [0.1, 0.15) is 21.6 Å². The summed E-state index contributed by atoms with van der Waals surface area (Å²) in [6, 6.07) is 13.3. The van der Waals surface area contributed by atoms with Crippen LogP contribution in [0, 0.1) is 13.8 Å². The monoisotopic (exact) mass is 304 g/mol. The molecule has 0 saturated carbocycles. The number of para-hydroxylation sites is 2. The van der Waals surface area contributed by atoms with Crippen LogP contribution in [0.3, 0.4) is 0 Å². The molecule has 0 saturated heterocycles. The third-order valence-corrected chi connectivity index (χ3v) is 4.19. The number of nitrogens with zero attached hydrogens (tertiary/aromatic N) is 1. The van der Waals surface area contributed by atoms with E-state index in [1.807, 2.05) is 49.4 Å². The van der Waals surface area contributed by atoms with Gasteiger partial charge in [0.25, 0.3) is 5.91 Å². The van der Waals surface area contributed by atoms with Crippen molar-refractivity contribution in [3.05, 3.63) is 59.3 Å². The maximum Gasteiger partial charge on any atom is 0.257 e. The number of H-pyrrole nitrogens is 2. The molecule has 0 fully saturated rings. The summed E-state index contributed by atoms with van der Waals surface area (Å²) in [5.74, 6) is 0.280. The lowest BCUT2D eigenvalue weighted by Crippen LogP contribution is -2.12. The summed E-state index contributed by atoms with van der Waals surface area (Å²) >= 11 is 0. The molecule has 5 heteroatoms. The molecule has 3 N–H and O–H groups in total. The maximum atomic E-state index is 12.5. The second-order valence-electron chi connectivity index (χ2n) is 5.69. The normalized spacial score (nSPS) is 11.2. The molecule has 114 valence electrons. The number of nitrogens with one attached hydrogen (secondary N) is 3. The van der Waals surface area contributed by atoms with E-state index < -0.39 is 0 Å². The van der Waals surface area contributed by atoms with Gasteiger partial charge in [0.05, 0.1) is 11.0 Å². The Hall–Kier alpha value is -3.08. The lowest BCUT2D eigenvalue weighted by atomic mass is 10.1. The van der Waals surface area contributed by atoms with Gasteiger partial charge in [-0.3, -0.25) is 10.1 Å². The van der Waals surface area contributed by atoms with Gasteiger partial charge in [0.15, 0.2) is 0 Å². The number of fused-ring (bicyclic) bond motifs is 2. The van der Waals surface area contributed by atoms with E-state index in [1.54, 1.807) is 0 Å². The van der Waals surface area contributed by atoms with E-state index in [9.17, 15) is 4.79 Å². The van der Waals surface area contributed by atoms with Crippen molar-refractivity contribution in [2.24, 2.45) is 0 Å². The van der Waals surface area contributed by atoms with Crippen molar-refractivity contribution >= 4 is 33.8 Å². The van der Waals surface area contributed by atoms with Crippen LogP contribution in [0.5, 0.6) is 0 Å². The Morgan fingerprint density at radius 3 is 2.70 bits per heavy atom. The number of hydrogen-bond acceptors (Lipinski definition) is 2. The zero-order valence-corrected chi connectivity index (χ0v) is 12.9. The van der Waals surface area contributed by atoms with E-state index in [4.69, 9.17) is 0 Å². The Kier molecular flexibility index (Phi) is 2.94. The van der Waals surface area contributed by atoms with Crippen molar-refractivity contribution in [3.63, 3.8) is 0 Å². The average molecular weight is 304 g/mol. The minimum Gasteiger partial charge on any atom is -0.358 e. The van der Waals surface area contributed by atoms with Gasteiger partial charge in [-0.1, -0.05) is 12.1 Å². The van der Waals surface area contributed by atoms with Crippen LogP contribution in [0.2, 0.25) is 0 Å². The molecule has 2 heterocycles. The standard InChI is InChI=1S/C18H16N4O/c1-10-11(2)19-14-8-7-12(9-13(10)14)17(23)22-18-20-15-5-3-4-6-16(15)21-18/h3-9,19H,1-2H3,(H2,20,21,22,23). The summed E-state index contributed by atoms with van der Waals surface area (Å²) < 4.78 is 0. The highest BCUT2D eigenvalue weighted by Gasteiger charge is 2.12. The number of imidazole rings is 1. The number of aromatic nitrogens is 3. The molecule has 0 aliphatic rings. The van der Waals surface area contributed by atoms with Crippen molar-refractivity contribution in [1.29, 1.82) is 0 Å². The number of aryl methyl sites for hydroxylation is 2. The smallest absolute Gasteiger partial charge is 0.257 e. The van der Waals surface area contributed by atoms with Crippen LogP contribution in [0.4, 0.5) is 5.95 Å². The highest BCUT2D eigenvalue weighted by Crippen LogP contribution is 2.23. The summed E-state index contributed by atoms with van der Waals surface area (Å²) in [6.07, 6.45) is 0. The molecule has 4 rings (SSSR count). The van der Waals surface area contributed by atoms with Crippen LogP contribution >= 0.6 is 0 Å². The number of rotatable bonds is 2. The minimum atomic E-state index is -0.177. The molecule has 1 amide bonds. The van der Waals surface area contributed by atoms with E-state index in [0.717, 1.165) is 27.6 Å². The Balaban J connectivity index is 1.67. The molecule has 2 aromatic heterocycles. The van der Waals surface area contributed by atoms with Crippen LogP contribution in [-0.2, 0) is 0 Å². The summed E-state index contributed by atoms with van der Waals surface area (Å²) in [7, 11) is 0. The highest BCUT2D eigenvalue weighted by molar-refractivity contribution is 6.06. The van der Waals surface area contributed by atoms with E-state index >= 15 is 0 Å². The Morgan fingerprint density at radius 2 is 1.87 bits per heavy atom. The number of benzene rings is 2. The van der Waals surface area contributed by atoms with Gasteiger partial charge in [0.1, 0.15) is 0 Å². The number of carbonyl (C=O) groups excluding carboxylic acids is 1. The lowest BCUT2D eigenvalue weighted by molar-refractivity contribution is 0.102. The molecule has 0 aliphatic heterocycles. The molecule has 2 aromatic carbocycles. The average Bonchev–Trinajstić information content (AvgIpc) is 3.08. The number of amides is 1. The van der Waals surface area contributed by atoms with Crippen molar-refractivity contribution in [1.82, 2.24) is 15.0 Å². The molecule has 0 bridgehead atoms. The first-order valence-corrected chi connectivity index (χ1v) is 7.47. The summed E-state index contributed by atoms with van der Waals surface area (Å²) in [6.45, 7) is 4.08. The van der Waals surface area contributed by atoms with Gasteiger partial charge in [-0.2, -0.15) is 0 Å². The second-order valence-corrected chi connectivity index (χ2v) is 5.69. The van der Waals surface area contributed by atoms with E-state index in [1.165, 1.54) is 5.56 Å². The first-order valence-electron chi connectivity index (χ1n) is 7.47. The van der Waals surface area contributed by atoms with Crippen molar-refractivity contribution in [2.75, 3.05) is 5.32 Å². The van der Waals surface area contributed by atoms with Gasteiger partial charge in [-0.05, 0) is 49.7 Å². The maximum absolute atomic E-state index is 12.5. The van der Waals surface area contributed by atoms with E-state index in [-0.39, 0.29) is 5.91 Å². The third kappa shape index (κ3) is 2.26. The molecule has 0 atom stereocenters. The molecule has 0 aliphatic carbocycles. The Bertz CT molecular complexity index is 1010. The molecule has 0 radical (unpaired) electrons. The molecular weight excluding hydrogens is 288 g/mol. The zero-order chi connectivity index (χ0) is 16.0. The lowest BCUT2D eigenvalue weighted by Gasteiger charge is -2.02. The van der Waals surface area contributed by atoms with Crippen LogP contribution in [0.15, 0.2) is 42.5 Å². The summed E-state index contributed by atoms with van der Waals surface area (Å²) in [5, 5.41) is 3.89. The number of carbonyl (C=O) groups is 1. The Labute approximate surface area is 132 Å². The topological polar surface area (TPSA) is 73.6 Å². The van der Waals surface area contributed by atoms with Gasteiger partial charge in [0.2, 0.25) is 5.95 Å². The largest absolute Gasteiger partial charge is 0.358 e. The quantitative estimate of drug-likeness (QED) is 0.525. The first kappa shape index (κ1) is 13.6. The number of aromatic amines is 2. The van der Waals surface area contributed by atoms with Gasteiger partial charge in [0, 0.05) is 22.2 Å². The molecule has 4 aromatic rings. The second kappa shape index (κ2) is 4.98. The van der Waals surface area contributed by atoms with Gasteiger partial charge >= 0.3 is 0 Å². The zero-order valence-electron chi connectivity index (χ0n) is 12.9. The van der Waals surface area contributed by atoms with Crippen molar-refractivity contribution in [2.45, 2.75) is 13.8 Å². The number of hydrogen-bond donors (Lipinski definition) is 3. The predicted molar refractivity (Wildman–Crippen MR) is 91.8 cm³/mol. The van der Waals surface area contributed by atoms with Crippen LogP contribution < -0.4 is 5.32 Å².